The van der Waals surface area contributed by atoms with Crippen LogP contribution in [-0.2, 0) is 6.54 Å². The first-order valence-corrected chi connectivity index (χ1v) is 9.51. The molecule has 1 amide bonds. The fourth-order valence-electron chi connectivity index (χ4n) is 3.72. The molecule has 4 rings (SSSR count). The van der Waals surface area contributed by atoms with E-state index in [2.05, 4.69) is 49.4 Å². The van der Waals surface area contributed by atoms with Gasteiger partial charge in [-0.1, -0.05) is 12.1 Å². The predicted molar refractivity (Wildman–Crippen MR) is 106 cm³/mol. The first-order chi connectivity index (χ1) is 13.7. The smallest absolute Gasteiger partial charge is 0.277 e. The largest absolute Gasteiger partial charge is 0.361 e. The Morgan fingerprint density at radius 2 is 2.00 bits per heavy atom. The molecule has 0 unspecified atom stereocenters. The third-order valence-corrected chi connectivity index (χ3v) is 5.33. The van der Waals surface area contributed by atoms with Crippen LogP contribution in [-0.4, -0.2) is 45.7 Å². The zero-order valence-electron chi connectivity index (χ0n) is 15.6. The molecule has 8 nitrogen and oxygen atoms in total. The highest BCUT2D eigenvalue weighted by Gasteiger charge is 2.21. The summed E-state index contributed by atoms with van der Waals surface area (Å²) in [5.74, 6) is 0.646. The van der Waals surface area contributed by atoms with Gasteiger partial charge in [-0.05, 0) is 43.0 Å². The molecule has 0 atom stereocenters. The van der Waals surface area contributed by atoms with Gasteiger partial charge in [0.1, 0.15) is 0 Å². The monoisotopic (exact) mass is 380 g/mol. The summed E-state index contributed by atoms with van der Waals surface area (Å²) in [7, 11) is 0. The number of aromatic nitrogens is 3. The van der Waals surface area contributed by atoms with Gasteiger partial charge >= 0.3 is 0 Å². The number of fused-ring (bicyclic) bond motifs is 1. The number of H-pyrrole nitrogens is 1. The van der Waals surface area contributed by atoms with Gasteiger partial charge in [0.25, 0.3) is 5.91 Å². The zero-order valence-corrected chi connectivity index (χ0v) is 15.6. The van der Waals surface area contributed by atoms with Crippen LogP contribution in [0.3, 0.4) is 0 Å². The molecule has 28 heavy (non-hydrogen) atoms. The standard InChI is InChI=1S/C20H24N6O2/c27-19(25-28)16-12-23-20(24-13-16)26-8-5-14(6-9-26)10-21-11-15-2-1-3-18-17(15)4-7-22-18/h1-4,7,12-14,21-22,28H,5-6,8-11H2,(H,25,27). The second-order valence-electron chi connectivity index (χ2n) is 7.13. The number of benzene rings is 1. The van der Waals surface area contributed by atoms with Gasteiger partial charge in [-0.3, -0.25) is 10.0 Å². The summed E-state index contributed by atoms with van der Waals surface area (Å²) in [6.45, 7) is 3.65. The average molecular weight is 380 g/mol. The van der Waals surface area contributed by atoms with Crippen molar-refractivity contribution >= 4 is 22.8 Å². The summed E-state index contributed by atoms with van der Waals surface area (Å²) >= 11 is 0. The minimum Gasteiger partial charge on any atom is -0.361 e. The van der Waals surface area contributed by atoms with E-state index in [0.717, 1.165) is 39.0 Å². The van der Waals surface area contributed by atoms with Crippen molar-refractivity contribution in [2.45, 2.75) is 19.4 Å². The highest BCUT2D eigenvalue weighted by molar-refractivity contribution is 5.92. The van der Waals surface area contributed by atoms with Crippen LogP contribution in [0.2, 0.25) is 0 Å². The maximum atomic E-state index is 11.3. The molecule has 1 fully saturated rings. The van der Waals surface area contributed by atoms with Crippen LogP contribution < -0.4 is 15.7 Å². The number of nitrogens with one attached hydrogen (secondary N) is 3. The Bertz CT molecular complexity index is 931. The molecule has 1 aliphatic rings. The fourth-order valence-corrected chi connectivity index (χ4v) is 3.72. The summed E-state index contributed by atoms with van der Waals surface area (Å²) in [5.41, 5.74) is 4.32. The number of anilines is 1. The molecule has 3 heterocycles. The quantitative estimate of drug-likeness (QED) is 0.385. The summed E-state index contributed by atoms with van der Waals surface area (Å²) in [6, 6.07) is 8.48. The summed E-state index contributed by atoms with van der Waals surface area (Å²) in [4.78, 5) is 25.2. The molecule has 0 radical (unpaired) electrons. The van der Waals surface area contributed by atoms with Gasteiger partial charge in [0.05, 0.1) is 5.56 Å². The van der Waals surface area contributed by atoms with E-state index in [9.17, 15) is 4.79 Å². The van der Waals surface area contributed by atoms with Gasteiger partial charge in [0.15, 0.2) is 0 Å². The highest BCUT2D eigenvalue weighted by Crippen LogP contribution is 2.21. The Morgan fingerprint density at radius 1 is 1.21 bits per heavy atom. The summed E-state index contributed by atoms with van der Waals surface area (Å²) in [6.07, 6.45) is 6.99. The molecule has 0 spiro atoms. The van der Waals surface area contributed by atoms with Gasteiger partial charge in [-0.25, -0.2) is 15.4 Å². The van der Waals surface area contributed by atoms with Crippen molar-refractivity contribution in [3.63, 3.8) is 0 Å². The molecule has 0 saturated carbocycles. The van der Waals surface area contributed by atoms with E-state index in [4.69, 9.17) is 5.21 Å². The molecule has 1 saturated heterocycles. The van der Waals surface area contributed by atoms with Crippen LogP contribution in [0, 0.1) is 5.92 Å². The Morgan fingerprint density at radius 3 is 2.75 bits per heavy atom. The van der Waals surface area contributed by atoms with E-state index in [1.165, 1.54) is 28.9 Å². The number of hydrogen-bond acceptors (Lipinski definition) is 6. The first kappa shape index (κ1) is 18.4. The Balaban J connectivity index is 1.25. The SMILES string of the molecule is O=C(NO)c1cnc(N2CCC(CNCc3cccc4[nH]ccc34)CC2)nc1. The van der Waals surface area contributed by atoms with Crippen LogP contribution in [0.25, 0.3) is 10.9 Å². The third kappa shape index (κ3) is 3.97. The van der Waals surface area contributed by atoms with Crippen LogP contribution in [0.5, 0.6) is 0 Å². The second-order valence-corrected chi connectivity index (χ2v) is 7.13. The Labute approximate surface area is 163 Å². The average Bonchev–Trinajstić information content (AvgIpc) is 3.24. The van der Waals surface area contributed by atoms with Crippen molar-refractivity contribution in [1.82, 2.24) is 25.7 Å². The number of hydroxylamine groups is 1. The van der Waals surface area contributed by atoms with E-state index >= 15 is 0 Å². The number of amides is 1. The molecule has 8 heteroatoms. The maximum absolute atomic E-state index is 11.3. The lowest BCUT2D eigenvalue weighted by Gasteiger charge is -2.32. The minimum absolute atomic E-state index is 0.239. The lowest BCUT2D eigenvalue weighted by atomic mass is 9.97. The van der Waals surface area contributed by atoms with Crippen LogP contribution in [0.4, 0.5) is 5.95 Å². The van der Waals surface area contributed by atoms with Crippen molar-refractivity contribution < 1.29 is 10.0 Å². The van der Waals surface area contributed by atoms with Crippen LogP contribution in [0.1, 0.15) is 28.8 Å². The Hall–Kier alpha value is -2.97. The van der Waals surface area contributed by atoms with E-state index in [-0.39, 0.29) is 5.56 Å². The van der Waals surface area contributed by atoms with E-state index < -0.39 is 5.91 Å². The number of carbonyl (C=O) groups excluding carboxylic acids is 1. The second kappa shape index (κ2) is 8.37. The fraction of sp³-hybridized carbons (Fsp3) is 0.350. The number of nitrogens with zero attached hydrogens (tertiary/aromatic N) is 3. The first-order valence-electron chi connectivity index (χ1n) is 9.51. The van der Waals surface area contributed by atoms with Gasteiger partial charge < -0.3 is 15.2 Å². The number of hydrogen-bond donors (Lipinski definition) is 4. The normalized spacial score (nSPS) is 15.1. The zero-order chi connectivity index (χ0) is 19.3. The summed E-state index contributed by atoms with van der Waals surface area (Å²) in [5, 5.41) is 13.5. The molecular formula is C20H24N6O2. The van der Waals surface area contributed by atoms with Gasteiger partial charge in [-0.15, -0.1) is 0 Å². The number of piperidine rings is 1. The number of rotatable bonds is 6. The topological polar surface area (TPSA) is 106 Å². The molecule has 0 aliphatic carbocycles. The number of carbonyl (C=O) groups is 1. The molecule has 2 aromatic heterocycles. The van der Waals surface area contributed by atoms with E-state index in [1.807, 2.05) is 6.20 Å². The molecule has 146 valence electrons. The van der Waals surface area contributed by atoms with Crippen LogP contribution >= 0.6 is 0 Å². The Kier molecular flexibility index (Phi) is 5.50. The van der Waals surface area contributed by atoms with E-state index in [0.29, 0.717) is 11.9 Å². The molecular weight excluding hydrogens is 356 g/mol. The molecule has 1 aromatic carbocycles. The maximum Gasteiger partial charge on any atom is 0.277 e. The van der Waals surface area contributed by atoms with Gasteiger partial charge in [0.2, 0.25) is 5.95 Å². The van der Waals surface area contributed by atoms with Crippen molar-refractivity contribution in [1.29, 1.82) is 0 Å². The summed E-state index contributed by atoms with van der Waals surface area (Å²) < 4.78 is 0. The molecule has 1 aliphatic heterocycles. The molecule has 4 N–H and O–H groups in total. The van der Waals surface area contributed by atoms with Crippen LogP contribution in [0.15, 0.2) is 42.9 Å². The van der Waals surface area contributed by atoms with Crippen molar-refractivity contribution in [3.05, 3.63) is 54.0 Å². The van der Waals surface area contributed by atoms with Gasteiger partial charge in [0, 0.05) is 49.1 Å². The van der Waals surface area contributed by atoms with Crippen molar-refractivity contribution in [2.75, 3.05) is 24.5 Å². The van der Waals surface area contributed by atoms with E-state index in [1.54, 1.807) is 5.48 Å². The predicted octanol–water partition coefficient (Wildman–Crippen LogP) is 2.08. The molecule has 3 aromatic rings. The lowest BCUT2D eigenvalue weighted by molar-refractivity contribution is 0.0705. The lowest BCUT2D eigenvalue weighted by Crippen LogP contribution is -2.38. The van der Waals surface area contributed by atoms with Crippen molar-refractivity contribution in [3.8, 4) is 0 Å². The highest BCUT2D eigenvalue weighted by atomic mass is 16.5. The minimum atomic E-state index is -0.605. The van der Waals surface area contributed by atoms with Gasteiger partial charge in [-0.2, -0.15) is 0 Å². The number of aromatic amines is 1. The third-order valence-electron chi connectivity index (χ3n) is 5.33. The molecule has 0 bridgehead atoms. The van der Waals surface area contributed by atoms with Crippen molar-refractivity contribution in [2.24, 2.45) is 5.92 Å².